The first kappa shape index (κ1) is 19.9. The van der Waals surface area contributed by atoms with Gasteiger partial charge in [0.2, 0.25) is 0 Å². The molecule has 2 aromatic heterocycles. The lowest BCUT2D eigenvalue weighted by Crippen LogP contribution is -2.91. The van der Waals surface area contributed by atoms with Crippen LogP contribution in [-0.4, -0.2) is 41.3 Å². The lowest BCUT2D eigenvalue weighted by Gasteiger charge is -2.46. The molecule has 1 fully saturated rings. The summed E-state index contributed by atoms with van der Waals surface area (Å²) in [7, 11) is 3.91. The number of aromatic nitrogens is 2. The summed E-state index contributed by atoms with van der Waals surface area (Å²) in [6.45, 7) is 2.71. The summed E-state index contributed by atoms with van der Waals surface area (Å²) in [5.74, 6) is 0.00974. The molecule has 0 unspecified atom stereocenters. The number of nitrogens with zero attached hydrogens (tertiary/aromatic N) is 2. The summed E-state index contributed by atoms with van der Waals surface area (Å²) in [6, 6.07) is 17.2. The van der Waals surface area contributed by atoms with Gasteiger partial charge in [-0.25, -0.2) is 0 Å². The monoisotopic (exact) mass is 467 g/mol. The number of rotatable bonds is 2. The van der Waals surface area contributed by atoms with E-state index in [0.717, 1.165) is 61.2 Å². The second-order valence-electron chi connectivity index (χ2n) is 10.2. The zero-order chi connectivity index (χ0) is 23.6. The Morgan fingerprint density at radius 1 is 1.06 bits per heavy atom. The van der Waals surface area contributed by atoms with E-state index in [1.54, 1.807) is 7.11 Å². The number of hydrogen-bond donors (Lipinski definition) is 2. The molecule has 1 amide bonds. The van der Waals surface area contributed by atoms with Gasteiger partial charge < -0.3 is 29.2 Å². The smallest absolute Gasteiger partial charge is 0.252 e. The van der Waals surface area contributed by atoms with Crippen LogP contribution < -0.4 is 10.6 Å². The SMILES string of the molecule is C[NH2+][C@@H]1C[C@H]2O[C@@](C)([C@H]1OC)n1c3ccccc3c3c4c(c5c6ccccc6n2c5c31)C(=O)NC4. The Balaban J connectivity index is 1.72. The molecule has 5 aromatic rings. The summed E-state index contributed by atoms with van der Waals surface area (Å²) in [5, 5.41) is 9.83. The van der Waals surface area contributed by atoms with E-state index >= 15 is 0 Å². The van der Waals surface area contributed by atoms with Crippen LogP contribution in [0.1, 0.15) is 35.5 Å². The molecule has 35 heavy (non-hydrogen) atoms. The largest absolute Gasteiger partial charge is 0.370 e. The fourth-order valence-electron chi connectivity index (χ4n) is 7.43. The third kappa shape index (κ3) is 2.12. The van der Waals surface area contributed by atoms with E-state index in [0.29, 0.717) is 6.54 Å². The van der Waals surface area contributed by atoms with E-state index in [1.165, 1.54) is 0 Å². The van der Waals surface area contributed by atoms with Gasteiger partial charge in [-0.3, -0.25) is 4.79 Å². The quantitative estimate of drug-likeness (QED) is 0.418. The highest BCUT2D eigenvalue weighted by molar-refractivity contribution is 6.31. The van der Waals surface area contributed by atoms with Crippen molar-refractivity contribution in [3.63, 3.8) is 0 Å². The Morgan fingerprint density at radius 3 is 2.51 bits per heavy atom. The number of quaternary nitrogens is 1. The molecule has 7 nitrogen and oxygen atoms in total. The number of nitrogens with two attached hydrogens (primary N) is 1. The van der Waals surface area contributed by atoms with Crippen LogP contribution in [-0.2, 0) is 21.7 Å². The summed E-state index contributed by atoms with van der Waals surface area (Å²) in [5.41, 5.74) is 5.61. The fourth-order valence-corrected chi connectivity index (χ4v) is 7.43. The van der Waals surface area contributed by atoms with Crippen LogP contribution in [0.25, 0.3) is 43.6 Å². The zero-order valence-corrected chi connectivity index (χ0v) is 20.0. The molecule has 3 aliphatic heterocycles. The molecular weight excluding hydrogens is 440 g/mol. The number of carbonyl (C=O) groups is 1. The maximum atomic E-state index is 13.3. The van der Waals surface area contributed by atoms with E-state index in [2.05, 4.69) is 82.3 Å². The minimum atomic E-state index is -0.729. The summed E-state index contributed by atoms with van der Waals surface area (Å²) in [4.78, 5) is 13.3. The topological polar surface area (TPSA) is 74.0 Å². The first-order chi connectivity index (χ1) is 17.1. The zero-order valence-electron chi connectivity index (χ0n) is 20.0. The number of nitrogens with one attached hydrogen (secondary N) is 1. The molecule has 2 bridgehead atoms. The molecule has 3 aromatic carbocycles. The third-order valence-corrected chi connectivity index (χ3v) is 8.70. The first-order valence-electron chi connectivity index (χ1n) is 12.4. The van der Waals surface area contributed by atoms with Gasteiger partial charge in [-0.15, -0.1) is 0 Å². The highest BCUT2D eigenvalue weighted by atomic mass is 16.6. The van der Waals surface area contributed by atoms with Crippen molar-refractivity contribution in [2.24, 2.45) is 0 Å². The number of para-hydroxylation sites is 2. The Hall–Kier alpha value is -3.39. The number of likely N-dealkylation sites (N-methyl/N-ethyl adjacent to an activating group) is 1. The van der Waals surface area contributed by atoms with Crippen molar-refractivity contribution in [1.82, 2.24) is 14.5 Å². The van der Waals surface area contributed by atoms with Crippen LogP contribution >= 0.6 is 0 Å². The van der Waals surface area contributed by atoms with Gasteiger partial charge in [0.05, 0.1) is 34.7 Å². The lowest BCUT2D eigenvalue weighted by molar-refractivity contribution is -0.683. The van der Waals surface area contributed by atoms with Gasteiger partial charge in [-0.05, 0) is 24.6 Å². The van der Waals surface area contributed by atoms with Crippen molar-refractivity contribution in [2.45, 2.75) is 44.0 Å². The fraction of sp³-hybridized carbons (Fsp3) is 0.321. The van der Waals surface area contributed by atoms with Gasteiger partial charge in [0.15, 0.2) is 11.8 Å². The summed E-state index contributed by atoms with van der Waals surface area (Å²) in [6.07, 6.45) is 0.479. The van der Waals surface area contributed by atoms with Crippen LogP contribution in [0.2, 0.25) is 0 Å². The van der Waals surface area contributed by atoms with Crippen molar-refractivity contribution in [3.05, 3.63) is 59.7 Å². The van der Waals surface area contributed by atoms with Gasteiger partial charge in [-0.2, -0.15) is 0 Å². The van der Waals surface area contributed by atoms with E-state index in [-0.39, 0.29) is 24.3 Å². The molecular formula is C28H27N4O3+. The van der Waals surface area contributed by atoms with Crippen LogP contribution in [0, 0.1) is 0 Å². The van der Waals surface area contributed by atoms with Crippen molar-refractivity contribution in [1.29, 1.82) is 0 Å². The number of methoxy groups -OCH3 is 1. The van der Waals surface area contributed by atoms with Gasteiger partial charge in [0.1, 0.15) is 12.3 Å². The molecule has 3 aliphatic rings. The molecule has 0 radical (unpaired) electrons. The lowest BCUT2D eigenvalue weighted by atomic mass is 9.93. The van der Waals surface area contributed by atoms with Crippen molar-refractivity contribution in [2.75, 3.05) is 14.2 Å². The number of benzene rings is 3. The second kappa shape index (κ2) is 6.43. The molecule has 0 saturated carbocycles. The Labute approximate surface area is 201 Å². The van der Waals surface area contributed by atoms with Crippen molar-refractivity contribution < 1.29 is 19.6 Å². The standard InChI is InChI=1S/C28H26N4O3/c1-28-26(34-3)17(29-2)12-20(35-28)31-18-10-6-4-8-14(18)22-23-16(13-30-27(23)33)21-15-9-5-7-11-19(15)32(28)25(21)24(22)31/h4-11,17,20,26,29H,12-13H2,1-3H3,(H,30,33)/p+1/t17-,20-,26+,28+/m1/s1. The number of fused-ring (bicyclic) bond motifs is 13. The minimum absolute atomic E-state index is 0.00974. The van der Waals surface area contributed by atoms with Crippen LogP contribution in [0.15, 0.2) is 48.5 Å². The molecule has 4 atom stereocenters. The van der Waals surface area contributed by atoms with E-state index in [9.17, 15) is 4.79 Å². The number of hydrogen-bond acceptors (Lipinski definition) is 3. The van der Waals surface area contributed by atoms with Crippen molar-refractivity contribution in [3.8, 4) is 0 Å². The highest BCUT2D eigenvalue weighted by Gasteiger charge is 2.54. The minimum Gasteiger partial charge on any atom is -0.370 e. The van der Waals surface area contributed by atoms with Crippen LogP contribution in [0.3, 0.4) is 0 Å². The van der Waals surface area contributed by atoms with Crippen LogP contribution in [0.5, 0.6) is 0 Å². The molecule has 5 heterocycles. The van der Waals surface area contributed by atoms with Gasteiger partial charge in [-0.1, -0.05) is 36.4 Å². The summed E-state index contributed by atoms with van der Waals surface area (Å²) < 4.78 is 18.0. The molecule has 1 saturated heterocycles. The molecule has 0 spiro atoms. The van der Waals surface area contributed by atoms with E-state index < -0.39 is 5.72 Å². The van der Waals surface area contributed by atoms with E-state index in [4.69, 9.17) is 9.47 Å². The number of amides is 1. The maximum Gasteiger partial charge on any atom is 0.252 e. The van der Waals surface area contributed by atoms with Crippen LogP contribution in [0.4, 0.5) is 0 Å². The molecule has 0 aliphatic carbocycles. The molecule has 176 valence electrons. The maximum absolute atomic E-state index is 13.3. The van der Waals surface area contributed by atoms with E-state index in [1.807, 2.05) is 0 Å². The van der Waals surface area contributed by atoms with Gasteiger partial charge >= 0.3 is 0 Å². The van der Waals surface area contributed by atoms with Gasteiger partial charge in [0.25, 0.3) is 5.91 Å². The first-order valence-corrected chi connectivity index (χ1v) is 12.4. The average molecular weight is 468 g/mol. The van der Waals surface area contributed by atoms with Gasteiger partial charge in [0, 0.05) is 41.6 Å². The Bertz CT molecular complexity index is 1750. The number of ether oxygens (including phenoxy) is 2. The predicted octanol–water partition coefficient (Wildman–Crippen LogP) is 3.33. The summed E-state index contributed by atoms with van der Waals surface area (Å²) >= 11 is 0. The third-order valence-electron chi connectivity index (χ3n) is 8.70. The molecule has 7 heteroatoms. The van der Waals surface area contributed by atoms with Crippen molar-refractivity contribution >= 4 is 49.5 Å². The Kier molecular flexibility index (Phi) is 3.65. The second-order valence-corrected chi connectivity index (χ2v) is 10.2. The average Bonchev–Trinajstić information content (AvgIpc) is 3.51. The number of carbonyl (C=O) groups excluding carboxylic acids is 1. The molecule has 3 N–H and O–H groups in total. The predicted molar refractivity (Wildman–Crippen MR) is 134 cm³/mol. The highest BCUT2D eigenvalue weighted by Crippen LogP contribution is 2.53. The molecule has 8 rings (SSSR count). The Morgan fingerprint density at radius 2 is 1.77 bits per heavy atom. The normalized spacial score (nSPS) is 27.3.